The smallest absolute Gasteiger partial charge is 0.123 e. The summed E-state index contributed by atoms with van der Waals surface area (Å²) in [6.45, 7) is 2.14. The lowest BCUT2D eigenvalue weighted by Gasteiger charge is -2.26. The number of hydrazine groups is 1. The molecule has 3 fully saturated rings. The molecule has 0 spiro atoms. The summed E-state index contributed by atoms with van der Waals surface area (Å²) >= 11 is 0. The van der Waals surface area contributed by atoms with Crippen LogP contribution in [0.4, 0.5) is 0 Å². The molecule has 4 unspecified atom stereocenters. The van der Waals surface area contributed by atoms with Crippen LogP contribution in [0.3, 0.4) is 0 Å². The zero-order valence-electron chi connectivity index (χ0n) is 21.7. The van der Waals surface area contributed by atoms with Crippen molar-refractivity contribution in [2.24, 2.45) is 5.84 Å². The minimum Gasteiger partial charge on any atom is -0.341 e. The molecule has 0 aliphatic carbocycles. The minimum absolute atomic E-state index is 0.211. The van der Waals surface area contributed by atoms with E-state index in [4.69, 9.17) is 5.84 Å². The molecular weight excluding hydrogens is 472 g/mol. The average Bonchev–Trinajstić information content (AvgIpc) is 3.79. The Morgan fingerprint density at radius 3 is 1.47 bits per heavy atom. The maximum absolute atomic E-state index is 6.72. The van der Waals surface area contributed by atoms with Gasteiger partial charge in [0.1, 0.15) is 11.6 Å². The van der Waals surface area contributed by atoms with Crippen LogP contribution in [0.15, 0.2) is 60.9 Å². The summed E-state index contributed by atoms with van der Waals surface area (Å²) < 4.78 is 0. The van der Waals surface area contributed by atoms with Crippen LogP contribution in [-0.2, 0) is 0 Å². The van der Waals surface area contributed by atoms with Crippen LogP contribution in [-0.4, -0.2) is 38.0 Å². The van der Waals surface area contributed by atoms with E-state index in [0.717, 1.165) is 72.9 Å². The first-order valence-corrected chi connectivity index (χ1v) is 14.0. The number of H-pyrrole nitrogens is 2. The molecule has 0 saturated carbocycles. The van der Waals surface area contributed by atoms with Crippen molar-refractivity contribution in [3.63, 3.8) is 0 Å². The molecule has 3 aliphatic heterocycles. The Hall–Kier alpha value is -3.30. The molecule has 7 rings (SSSR count). The van der Waals surface area contributed by atoms with Crippen molar-refractivity contribution in [3.05, 3.63) is 83.7 Å². The zero-order chi connectivity index (χ0) is 25.5. The van der Waals surface area contributed by atoms with Gasteiger partial charge in [-0.05, 0) is 73.9 Å². The van der Waals surface area contributed by atoms with E-state index in [1.807, 2.05) is 17.4 Å². The number of nitrogens with zero attached hydrogens (tertiary/aromatic N) is 3. The van der Waals surface area contributed by atoms with E-state index in [0.29, 0.717) is 12.1 Å². The highest BCUT2D eigenvalue weighted by Gasteiger charge is 2.33. The summed E-state index contributed by atoms with van der Waals surface area (Å²) in [5.74, 6) is 8.80. The number of nitrogens with two attached hydrogens (primary N) is 1. The lowest BCUT2D eigenvalue weighted by molar-refractivity contribution is 0.200. The Balaban J connectivity index is 1.02. The standard InChI is InChI=1S/C30H36N8/c31-38-27(21-9-5-19(6-10-21)25-17-34-29(36-25)23-3-1-15-32-23)13-14-28(38)22-11-7-20(8-12-22)26-18-35-30(37-26)24-4-2-16-33-24/h5-12,17-18,23-24,27-28,32-33H,1-4,13-16,31H2,(H,34,36)(H,35,37). The van der Waals surface area contributed by atoms with Crippen LogP contribution in [0.5, 0.6) is 0 Å². The second-order valence-corrected chi connectivity index (χ2v) is 11.0. The van der Waals surface area contributed by atoms with Gasteiger partial charge < -0.3 is 20.6 Å². The number of rotatable bonds is 6. The molecule has 2 aromatic heterocycles. The van der Waals surface area contributed by atoms with Crippen molar-refractivity contribution >= 4 is 0 Å². The van der Waals surface area contributed by atoms with Gasteiger partial charge in [0.25, 0.3) is 0 Å². The van der Waals surface area contributed by atoms with Crippen LogP contribution in [0.25, 0.3) is 22.5 Å². The van der Waals surface area contributed by atoms with Crippen molar-refractivity contribution in [2.45, 2.75) is 62.7 Å². The summed E-state index contributed by atoms with van der Waals surface area (Å²) in [6.07, 6.45) is 10.7. The van der Waals surface area contributed by atoms with E-state index in [9.17, 15) is 0 Å². The molecular formula is C30H36N8. The molecule has 3 saturated heterocycles. The van der Waals surface area contributed by atoms with Crippen molar-refractivity contribution < 1.29 is 0 Å². The highest BCUT2D eigenvalue weighted by atomic mass is 15.4. The van der Waals surface area contributed by atoms with E-state index in [1.165, 1.54) is 24.0 Å². The van der Waals surface area contributed by atoms with Crippen LogP contribution in [0.2, 0.25) is 0 Å². The van der Waals surface area contributed by atoms with Gasteiger partial charge >= 0.3 is 0 Å². The van der Waals surface area contributed by atoms with Gasteiger partial charge in [0.15, 0.2) is 0 Å². The molecule has 8 heteroatoms. The lowest BCUT2D eigenvalue weighted by atomic mass is 10.0. The lowest BCUT2D eigenvalue weighted by Crippen LogP contribution is -2.32. The SMILES string of the molecule is NN1C(c2ccc(-c3cnc(C4CCCN4)[nH]3)cc2)CCC1c1ccc(-c2cnc(C3CCCN3)[nH]2)cc1. The topological polar surface area (TPSA) is 111 Å². The second kappa shape index (κ2) is 10.1. The first kappa shape index (κ1) is 23.8. The minimum atomic E-state index is 0.211. The summed E-state index contributed by atoms with van der Waals surface area (Å²) in [7, 11) is 0. The Labute approximate surface area is 223 Å². The first-order chi connectivity index (χ1) is 18.7. The fourth-order valence-corrected chi connectivity index (χ4v) is 6.44. The predicted molar refractivity (Wildman–Crippen MR) is 149 cm³/mol. The molecule has 196 valence electrons. The predicted octanol–water partition coefficient (Wildman–Crippen LogP) is 5.07. The third-order valence-electron chi connectivity index (χ3n) is 8.62. The third-order valence-corrected chi connectivity index (χ3v) is 8.62. The van der Waals surface area contributed by atoms with Gasteiger partial charge in [-0.15, -0.1) is 0 Å². The van der Waals surface area contributed by atoms with Crippen LogP contribution in [0, 0.1) is 0 Å². The van der Waals surface area contributed by atoms with Gasteiger partial charge in [0.2, 0.25) is 0 Å². The number of imidazole rings is 2. The van der Waals surface area contributed by atoms with Crippen molar-refractivity contribution in [2.75, 3.05) is 13.1 Å². The molecule has 0 amide bonds. The molecule has 4 atom stereocenters. The Morgan fingerprint density at radius 1 is 0.632 bits per heavy atom. The van der Waals surface area contributed by atoms with Gasteiger partial charge in [-0.3, -0.25) is 5.84 Å². The molecule has 2 aromatic carbocycles. The van der Waals surface area contributed by atoms with Crippen molar-refractivity contribution in [3.8, 4) is 22.5 Å². The Kier molecular flexibility index (Phi) is 6.33. The molecule has 0 radical (unpaired) electrons. The quantitative estimate of drug-likeness (QED) is 0.233. The van der Waals surface area contributed by atoms with E-state index in [-0.39, 0.29) is 12.1 Å². The first-order valence-electron chi connectivity index (χ1n) is 14.0. The molecule has 6 N–H and O–H groups in total. The van der Waals surface area contributed by atoms with E-state index < -0.39 is 0 Å². The average molecular weight is 509 g/mol. The van der Waals surface area contributed by atoms with E-state index >= 15 is 0 Å². The summed E-state index contributed by atoms with van der Waals surface area (Å²) in [6, 6.07) is 18.7. The molecule has 38 heavy (non-hydrogen) atoms. The molecule has 4 aromatic rings. The van der Waals surface area contributed by atoms with Crippen molar-refractivity contribution in [1.29, 1.82) is 0 Å². The number of benzene rings is 2. The third kappa shape index (κ3) is 4.47. The maximum atomic E-state index is 6.72. The zero-order valence-corrected chi connectivity index (χ0v) is 21.7. The van der Waals surface area contributed by atoms with Crippen LogP contribution < -0.4 is 16.5 Å². The largest absolute Gasteiger partial charge is 0.341 e. The number of hydrogen-bond acceptors (Lipinski definition) is 6. The summed E-state index contributed by atoms with van der Waals surface area (Å²) in [5, 5.41) is 9.06. The second-order valence-electron chi connectivity index (χ2n) is 11.0. The molecule has 5 heterocycles. The van der Waals surface area contributed by atoms with Crippen LogP contribution in [0.1, 0.15) is 85.5 Å². The fourth-order valence-electron chi connectivity index (χ4n) is 6.44. The van der Waals surface area contributed by atoms with Crippen LogP contribution >= 0.6 is 0 Å². The number of aromatic amines is 2. The fraction of sp³-hybridized carbons (Fsp3) is 0.400. The van der Waals surface area contributed by atoms with Gasteiger partial charge in [-0.25, -0.2) is 15.0 Å². The number of aromatic nitrogens is 4. The molecule has 3 aliphatic rings. The normalized spacial score (nSPS) is 25.9. The highest BCUT2D eigenvalue weighted by molar-refractivity contribution is 5.60. The molecule has 0 bridgehead atoms. The molecule has 8 nitrogen and oxygen atoms in total. The van der Waals surface area contributed by atoms with E-state index in [1.54, 1.807) is 0 Å². The van der Waals surface area contributed by atoms with Crippen molar-refractivity contribution in [1.82, 2.24) is 35.6 Å². The van der Waals surface area contributed by atoms with Gasteiger partial charge in [-0.2, -0.15) is 0 Å². The Morgan fingerprint density at radius 2 is 1.08 bits per heavy atom. The highest BCUT2D eigenvalue weighted by Crippen LogP contribution is 2.42. The van der Waals surface area contributed by atoms with E-state index in [2.05, 4.69) is 79.1 Å². The van der Waals surface area contributed by atoms with Gasteiger partial charge in [-0.1, -0.05) is 48.5 Å². The van der Waals surface area contributed by atoms with Gasteiger partial charge in [0.05, 0.1) is 35.9 Å². The summed E-state index contributed by atoms with van der Waals surface area (Å²) in [4.78, 5) is 16.3. The number of nitrogens with one attached hydrogen (secondary N) is 4. The summed E-state index contributed by atoms with van der Waals surface area (Å²) in [5.41, 5.74) is 6.97. The van der Waals surface area contributed by atoms with Gasteiger partial charge in [0, 0.05) is 12.1 Å². The maximum Gasteiger partial charge on any atom is 0.123 e. The Bertz CT molecular complexity index is 1250. The monoisotopic (exact) mass is 508 g/mol. The number of hydrogen-bond donors (Lipinski definition) is 5.